The van der Waals surface area contributed by atoms with Gasteiger partial charge in [0.25, 0.3) is 0 Å². The lowest BCUT2D eigenvalue weighted by Crippen LogP contribution is -2.14. The Morgan fingerprint density at radius 3 is 2.24 bits per heavy atom. The van der Waals surface area contributed by atoms with E-state index in [1.54, 1.807) is 7.11 Å². The molecule has 0 saturated carbocycles. The lowest BCUT2D eigenvalue weighted by molar-refractivity contribution is 0.0912. The molecule has 1 aromatic rings. The molecule has 0 bridgehead atoms. The Hall–Kier alpha value is -1.31. The minimum Gasteiger partial charge on any atom is -0.496 e. The first kappa shape index (κ1) is 13.8. The molecule has 0 radical (unpaired) electrons. The molecule has 0 fully saturated rings. The molecule has 0 amide bonds. The third kappa shape index (κ3) is 2.87. The van der Waals surface area contributed by atoms with Gasteiger partial charge in [0, 0.05) is 11.5 Å². The number of methoxy groups -OCH3 is 1. The second-order valence-corrected chi connectivity index (χ2v) is 4.51. The van der Waals surface area contributed by atoms with Crippen LogP contribution in [0.4, 0.5) is 0 Å². The van der Waals surface area contributed by atoms with E-state index in [4.69, 9.17) is 4.74 Å². The first-order valence-electron chi connectivity index (χ1n) is 6.24. The second-order valence-electron chi connectivity index (χ2n) is 4.51. The van der Waals surface area contributed by atoms with Crippen LogP contribution in [0.3, 0.4) is 0 Å². The minimum atomic E-state index is 0.140. The number of ketones is 1. The first-order valence-corrected chi connectivity index (χ1v) is 6.24. The normalized spacial score (nSPS) is 10.7. The van der Waals surface area contributed by atoms with Crippen molar-refractivity contribution in [3.63, 3.8) is 0 Å². The Bertz CT molecular complexity index is 404. The summed E-state index contributed by atoms with van der Waals surface area (Å²) in [5.41, 5.74) is 2.87. The average Bonchev–Trinajstić information content (AvgIpc) is 2.32. The van der Waals surface area contributed by atoms with Gasteiger partial charge in [-0.15, -0.1) is 0 Å². The molecule has 0 unspecified atom stereocenters. The minimum absolute atomic E-state index is 0.140. The number of aryl methyl sites for hydroxylation is 2. The molecule has 0 spiro atoms. The van der Waals surface area contributed by atoms with Gasteiger partial charge in [0.2, 0.25) is 0 Å². The highest BCUT2D eigenvalue weighted by molar-refractivity contribution is 5.99. The zero-order valence-electron chi connectivity index (χ0n) is 11.5. The van der Waals surface area contributed by atoms with Crippen LogP contribution in [0.5, 0.6) is 5.75 Å². The van der Waals surface area contributed by atoms with E-state index >= 15 is 0 Å². The summed E-state index contributed by atoms with van der Waals surface area (Å²) in [4.78, 5) is 12.3. The fourth-order valence-corrected chi connectivity index (χ4v) is 2.15. The number of hydrogen-bond acceptors (Lipinski definition) is 2. The van der Waals surface area contributed by atoms with Gasteiger partial charge in [-0.1, -0.05) is 13.8 Å². The molecule has 2 nitrogen and oxygen atoms in total. The lowest BCUT2D eigenvalue weighted by atomic mass is 9.90. The molecule has 1 aromatic carbocycles. The van der Waals surface area contributed by atoms with Gasteiger partial charge in [-0.25, -0.2) is 0 Å². The molecule has 0 aliphatic heterocycles. The fourth-order valence-electron chi connectivity index (χ4n) is 2.15. The molecule has 17 heavy (non-hydrogen) atoms. The molecular weight excluding hydrogens is 212 g/mol. The van der Waals surface area contributed by atoms with Crippen molar-refractivity contribution >= 4 is 5.78 Å². The van der Waals surface area contributed by atoms with Gasteiger partial charge in [-0.05, 0) is 49.9 Å². The topological polar surface area (TPSA) is 26.3 Å². The van der Waals surface area contributed by atoms with Gasteiger partial charge in [-0.2, -0.15) is 0 Å². The molecular formula is C15H22O2. The van der Waals surface area contributed by atoms with Crippen LogP contribution in [0.25, 0.3) is 0 Å². The third-order valence-electron chi connectivity index (χ3n) is 3.36. The monoisotopic (exact) mass is 234 g/mol. The summed E-state index contributed by atoms with van der Waals surface area (Å²) < 4.78 is 5.26. The maximum absolute atomic E-state index is 12.3. The molecule has 94 valence electrons. The van der Waals surface area contributed by atoms with E-state index in [-0.39, 0.29) is 11.7 Å². The predicted octanol–water partition coefficient (Wildman–Crippen LogP) is 3.93. The number of rotatable bonds is 5. The van der Waals surface area contributed by atoms with E-state index in [2.05, 4.69) is 13.8 Å². The van der Waals surface area contributed by atoms with Gasteiger partial charge in [0.15, 0.2) is 5.78 Å². The van der Waals surface area contributed by atoms with Crippen molar-refractivity contribution in [2.75, 3.05) is 7.11 Å². The van der Waals surface area contributed by atoms with Crippen LogP contribution < -0.4 is 4.74 Å². The molecule has 0 N–H and O–H groups in total. The molecule has 0 aromatic heterocycles. The molecule has 0 saturated heterocycles. The van der Waals surface area contributed by atoms with Crippen LogP contribution in [0.1, 0.15) is 48.2 Å². The van der Waals surface area contributed by atoms with Crippen LogP contribution in [-0.4, -0.2) is 12.9 Å². The van der Waals surface area contributed by atoms with Gasteiger partial charge >= 0.3 is 0 Å². The zero-order chi connectivity index (χ0) is 13.0. The van der Waals surface area contributed by atoms with Crippen LogP contribution in [-0.2, 0) is 0 Å². The summed E-state index contributed by atoms with van der Waals surface area (Å²) >= 11 is 0. The molecule has 0 heterocycles. The smallest absolute Gasteiger partial charge is 0.166 e. The Morgan fingerprint density at radius 1 is 1.18 bits per heavy atom. The van der Waals surface area contributed by atoms with Crippen LogP contribution in [0.15, 0.2) is 12.1 Å². The Labute approximate surface area is 104 Å². The van der Waals surface area contributed by atoms with Crippen molar-refractivity contribution < 1.29 is 9.53 Å². The van der Waals surface area contributed by atoms with E-state index in [1.165, 1.54) is 0 Å². The maximum Gasteiger partial charge on any atom is 0.166 e. The quantitative estimate of drug-likeness (QED) is 0.721. The van der Waals surface area contributed by atoms with Crippen molar-refractivity contribution in [1.82, 2.24) is 0 Å². The number of Topliss-reactive ketones (excluding diaryl/α,β-unsaturated/α-hetero) is 1. The van der Waals surface area contributed by atoms with Crippen molar-refractivity contribution in [2.24, 2.45) is 5.92 Å². The average molecular weight is 234 g/mol. The summed E-state index contributed by atoms with van der Waals surface area (Å²) in [7, 11) is 1.66. The third-order valence-corrected chi connectivity index (χ3v) is 3.36. The van der Waals surface area contributed by atoms with E-state index in [1.807, 2.05) is 26.0 Å². The number of benzene rings is 1. The first-order chi connectivity index (χ1) is 8.04. The number of hydrogen-bond donors (Lipinski definition) is 0. The van der Waals surface area contributed by atoms with Crippen molar-refractivity contribution in [3.05, 3.63) is 28.8 Å². The van der Waals surface area contributed by atoms with Crippen LogP contribution in [0.2, 0.25) is 0 Å². The molecule has 0 aliphatic rings. The highest BCUT2D eigenvalue weighted by Crippen LogP contribution is 2.25. The van der Waals surface area contributed by atoms with E-state index < -0.39 is 0 Å². The van der Waals surface area contributed by atoms with Gasteiger partial charge in [0.1, 0.15) is 5.75 Å². The van der Waals surface area contributed by atoms with E-state index in [9.17, 15) is 4.79 Å². The lowest BCUT2D eigenvalue weighted by Gasteiger charge is -2.15. The summed E-state index contributed by atoms with van der Waals surface area (Å²) in [6.45, 7) is 8.08. The molecule has 1 rings (SSSR count). The highest BCUT2D eigenvalue weighted by Gasteiger charge is 2.19. The molecule has 0 atom stereocenters. The second kappa shape index (κ2) is 5.85. The largest absolute Gasteiger partial charge is 0.496 e. The summed E-state index contributed by atoms with van der Waals surface area (Å²) in [6.07, 6.45) is 1.81. The summed E-state index contributed by atoms with van der Waals surface area (Å²) in [6, 6.07) is 3.90. The number of carbonyl (C=O) groups is 1. The predicted molar refractivity (Wildman–Crippen MR) is 70.9 cm³/mol. The molecule has 2 heteroatoms. The van der Waals surface area contributed by atoms with Gasteiger partial charge in [-0.3, -0.25) is 4.79 Å². The SMILES string of the molecule is CCC(CC)C(=O)c1cc(C)c(OC)cc1C. The van der Waals surface area contributed by atoms with Crippen LogP contribution >= 0.6 is 0 Å². The Kier molecular flexibility index (Phi) is 4.73. The van der Waals surface area contributed by atoms with E-state index in [0.29, 0.717) is 0 Å². The van der Waals surface area contributed by atoms with Gasteiger partial charge in [0.05, 0.1) is 7.11 Å². The summed E-state index contributed by atoms with van der Waals surface area (Å²) in [5.74, 6) is 1.25. The van der Waals surface area contributed by atoms with Crippen LogP contribution in [0, 0.1) is 19.8 Å². The van der Waals surface area contributed by atoms with Crippen molar-refractivity contribution in [1.29, 1.82) is 0 Å². The van der Waals surface area contributed by atoms with E-state index in [0.717, 1.165) is 35.3 Å². The standard InChI is InChI=1S/C15H22O2/c1-6-12(7-2)15(16)13-8-11(4)14(17-5)9-10(13)3/h8-9,12H,6-7H2,1-5H3. The van der Waals surface area contributed by atoms with Gasteiger partial charge < -0.3 is 4.74 Å². The van der Waals surface area contributed by atoms with Crippen molar-refractivity contribution in [2.45, 2.75) is 40.5 Å². The fraction of sp³-hybridized carbons (Fsp3) is 0.533. The Balaban J connectivity index is 3.14. The van der Waals surface area contributed by atoms with Crippen molar-refractivity contribution in [3.8, 4) is 5.75 Å². The number of carbonyl (C=O) groups excluding carboxylic acids is 1. The maximum atomic E-state index is 12.3. The Morgan fingerprint density at radius 2 is 1.76 bits per heavy atom. The highest BCUT2D eigenvalue weighted by atomic mass is 16.5. The number of ether oxygens (including phenoxy) is 1. The summed E-state index contributed by atoms with van der Waals surface area (Å²) in [5, 5.41) is 0. The zero-order valence-corrected chi connectivity index (χ0v) is 11.5. The molecule has 0 aliphatic carbocycles.